The molecule has 6 nitrogen and oxygen atoms in total. The highest BCUT2D eigenvalue weighted by Crippen LogP contribution is 2.25. The SMILES string of the molecule is CCCCCC[C@]1(C)NC(=O)N(CC(=O)N[C@H]2CCCC[C@@H]2C)C1=O. The lowest BCUT2D eigenvalue weighted by Crippen LogP contribution is -2.48. The number of hydrogen-bond acceptors (Lipinski definition) is 3. The van der Waals surface area contributed by atoms with Gasteiger partial charge in [-0.25, -0.2) is 4.79 Å². The van der Waals surface area contributed by atoms with Crippen LogP contribution in [0.2, 0.25) is 0 Å². The quantitative estimate of drug-likeness (QED) is 0.521. The van der Waals surface area contributed by atoms with Gasteiger partial charge in [-0.15, -0.1) is 0 Å². The molecule has 0 bridgehead atoms. The zero-order valence-corrected chi connectivity index (χ0v) is 15.9. The van der Waals surface area contributed by atoms with Gasteiger partial charge in [0.05, 0.1) is 0 Å². The fourth-order valence-electron chi connectivity index (χ4n) is 3.89. The first-order valence-electron chi connectivity index (χ1n) is 9.81. The number of imide groups is 1. The molecule has 1 aliphatic heterocycles. The first kappa shape index (κ1) is 19.7. The Bertz CT molecular complexity index is 508. The molecule has 4 amide bonds. The molecule has 1 aliphatic carbocycles. The van der Waals surface area contributed by atoms with Crippen LogP contribution in [0, 0.1) is 5.92 Å². The number of nitrogens with one attached hydrogen (secondary N) is 2. The van der Waals surface area contributed by atoms with E-state index in [9.17, 15) is 14.4 Å². The van der Waals surface area contributed by atoms with Gasteiger partial charge in [-0.2, -0.15) is 0 Å². The molecule has 2 N–H and O–H groups in total. The van der Waals surface area contributed by atoms with Gasteiger partial charge in [-0.3, -0.25) is 14.5 Å². The summed E-state index contributed by atoms with van der Waals surface area (Å²) < 4.78 is 0. The number of amides is 4. The average molecular weight is 351 g/mol. The highest BCUT2D eigenvalue weighted by Gasteiger charge is 2.47. The maximum atomic E-state index is 12.7. The van der Waals surface area contributed by atoms with E-state index < -0.39 is 11.6 Å². The Labute approximate surface area is 151 Å². The first-order valence-corrected chi connectivity index (χ1v) is 9.81. The van der Waals surface area contributed by atoms with Crippen LogP contribution in [0.15, 0.2) is 0 Å². The van der Waals surface area contributed by atoms with Gasteiger partial charge in [0.15, 0.2) is 0 Å². The van der Waals surface area contributed by atoms with Crippen molar-refractivity contribution in [1.29, 1.82) is 0 Å². The van der Waals surface area contributed by atoms with Crippen molar-refractivity contribution in [3.05, 3.63) is 0 Å². The zero-order valence-electron chi connectivity index (χ0n) is 15.9. The molecule has 1 heterocycles. The number of urea groups is 1. The third-order valence-corrected chi connectivity index (χ3v) is 5.64. The normalized spacial score (nSPS) is 29.6. The molecule has 0 radical (unpaired) electrons. The third kappa shape index (κ3) is 4.95. The number of hydrogen-bond donors (Lipinski definition) is 2. The minimum atomic E-state index is -0.872. The van der Waals surface area contributed by atoms with Crippen LogP contribution in [0.1, 0.15) is 78.6 Å². The minimum absolute atomic E-state index is 0.155. The largest absolute Gasteiger partial charge is 0.352 e. The molecule has 6 heteroatoms. The van der Waals surface area contributed by atoms with Crippen molar-refractivity contribution >= 4 is 17.8 Å². The first-order chi connectivity index (χ1) is 11.9. The van der Waals surface area contributed by atoms with E-state index in [-0.39, 0.29) is 24.4 Å². The fraction of sp³-hybridized carbons (Fsp3) is 0.842. The van der Waals surface area contributed by atoms with Crippen molar-refractivity contribution in [1.82, 2.24) is 15.5 Å². The Balaban J connectivity index is 1.87. The third-order valence-electron chi connectivity index (χ3n) is 5.64. The molecule has 0 aromatic rings. The standard InChI is InChI=1S/C19H33N3O3/c1-4-5-6-9-12-19(3)17(24)22(18(25)21-19)13-16(23)20-15-11-8-7-10-14(15)2/h14-15H,4-13H2,1-3H3,(H,20,23)(H,21,25)/t14-,15-,19-/m0/s1. The van der Waals surface area contributed by atoms with Crippen LogP contribution in [-0.4, -0.2) is 40.9 Å². The molecular weight excluding hydrogens is 318 g/mol. The summed E-state index contributed by atoms with van der Waals surface area (Å²) in [5.74, 6) is -0.0667. The van der Waals surface area contributed by atoms with E-state index in [2.05, 4.69) is 24.5 Å². The van der Waals surface area contributed by atoms with E-state index in [4.69, 9.17) is 0 Å². The summed E-state index contributed by atoms with van der Waals surface area (Å²) in [5, 5.41) is 5.79. The van der Waals surface area contributed by atoms with Crippen LogP contribution in [0.25, 0.3) is 0 Å². The molecule has 2 fully saturated rings. The van der Waals surface area contributed by atoms with Gasteiger partial charge in [-0.1, -0.05) is 52.4 Å². The number of carbonyl (C=O) groups excluding carboxylic acids is 3. The Morgan fingerprint density at radius 2 is 1.96 bits per heavy atom. The highest BCUT2D eigenvalue weighted by molar-refractivity contribution is 6.08. The Morgan fingerprint density at radius 3 is 2.64 bits per heavy atom. The lowest BCUT2D eigenvalue weighted by Gasteiger charge is -2.30. The molecule has 25 heavy (non-hydrogen) atoms. The van der Waals surface area contributed by atoms with Crippen LogP contribution >= 0.6 is 0 Å². The summed E-state index contributed by atoms with van der Waals surface area (Å²) in [6, 6.07) is -0.294. The molecule has 142 valence electrons. The maximum Gasteiger partial charge on any atom is 0.325 e. The lowest BCUT2D eigenvalue weighted by molar-refractivity contribution is -0.135. The predicted molar refractivity (Wildman–Crippen MR) is 97.0 cm³/mol. The van der Waals surface area contributed by atoms with E-state index in [1.54, 1.807) is 6.92 Å². The van der Waals surface area contributed by atoms with E-state index in [0.717, 1.165) is 49.8 Å². The molecule has 0 unspecified atom stereocenters. The molecule has 2 aliphatic rings. The molecule has 1 saturated carbocycles. The van der Waals surface area contributed by atoms with E-state index in [1.165, 1.54) is 6.42 Å². The molecule has 0 aromatic carbocycles. The molecular formula is C19H33N3O3. The van der Waals surface area contributed by atoms with Gasteiger partial charge in [0, 0.05) is 6.04 Å². The smallest absolute Gasteiger partial charge is 0.325 e. The van der Waals surface area contributed by atoms with Crippen molar-refractivity contribution in [2.75, 3.05) is 6.54 Å². The van der Waals surface area contributed by atoms with E-state index in [0.29, 0.717) is 12.3 Å². The van der Waals surface area contributed by atoms with Crippen molar-refractivity contribution in [2.45, 2.75) is 90.1 Å². The highest BCUT2D eigenvalue weighted by atomic mass is 16.2. The Kier molecular flexibility index (Phi) is 6.85. The van der Waals surface area contributed by atoms with Crippen LogP contribution < -0.4 is 10.6 Å². The van der Waals surface area contributed by atoms with Gasteiger partial charge >= 0.3 is 6.03 Å². The molecule has 1 saturated heterocycles. The molecule has 0 aromatic heterocycles. The van der Waals surface area contributed by atoms with Crippen LogP contribution in [0.3, 0.4) is 0 Å². The molecule has 0 spiro atoms. The average Bonchev–Trinajstić information content (AvgIpc) is 2.77. The van der Waals surface area contributed by atoms with Gasteiger partial charge in [0.1, 0.15) is 12.1 Å². The number of rotatable bonds is 8. The summed E-state index contributed by atoms with van der Waals surface area (Å²) in [7, 11) is 0. The summed E-state index contributed by atoms with van der Waals surface area (Å²) in [6.07, 6.45) is 9.24. The van der Waals surface area contributed by atoms with Crippen molar-refractivity contribution in [3.8, 4) is 0 Å². The lowest BCUT2D eigenvalue weighted by atomic mass is 9.86. The second kappa shape index (κ2) is 8.68. The number of unbranched alkanes of at least 4 members (excludes halogenated alkanes) is 3. The van der Waals surface area contributed by atoms with Crippen molar-refractivity contribution in [2.24, 2.45) is 5.92 Å². The predicted octanol–water partition coefficient (Wildman–Crippen LogP) is 2.96. The van der Waals surface area contributed by atoms with Gasteiger partial charge < -0.3 is 10.6 Å². The second-order valence-corrected chi connectivity index (χ2v) is 7.90. The monoisotopic (exact) mass is 351 g/mol. The molecule has 2 rings (SSSR count). The van der Waals surface area contributed by atoms with Crippen molar-refractivity contribution in [3.63, 3.8) is 0 Å². The summed E-state index contributed by atoms with van der Waals surface area (Å²) in [4.78, 5) is 38.3. The van der Waals surface area contributed by atoms with Crippen LogP contribution in [0.5, 0.6) is 0 Å². The topological polar surface area (TPSA) is 78.5 Å². The minimum Gasteiger partial charge on any atom is -0.352 e. The summed E-state index contributed by atoms with van der Waals surface area (Å²) in [5.41, 5.74) is -0.872. The Morgan fingerprint density at radius 1 is 1.24 bits per heavy atom. The van der Waals surface area contributed by atoms with E-state index in [1.807, 2.05) is 0 Å². The number of carbonyl (C=O) groups is 3. The fourth-order valence-corrected chi connectivity index (χ4v) is 3.89. The second-order valence-electron chi connectivity index (χ2n) is 7.90. The maximum absolute atomic E-state index is 12.7. The summed E-state index contributed by atoms with van der Waals surface area (Å²) >= 11 is 0. The number of nitrogens with zero attached hydrogens (tertiary/aromatic N) is 1. The summed E-state index contributed by atoms with van der Waals surface area (Å²) in [6.45, 7) is 5.86. The zero-order chi connectivity index (χ0) is 18.4. The molecule has 3 atom stereocenters. The van der Waals surface area contributed by atoms with Crippen LogP contribution in [-0.2, 0) is 9.59 Å². The van der Waals surface area contributed by atoms with Crippen LogP contribution in [0.4, 0.5) is 4.79 Å². The van der Waals surface area contributed by atoms with Gasteiger partial charge in [0.2, 0.25) is 5.91 Å². The van der Waals surface area contributed by atoms with E-state index >= 15 is 0 Å². The van der Waals surface area contributed by atoms with Gasteiger partial charge in [-0.05, 0) is 32.1 Å². The Hall–Kier alpha value is -1.59. The van der Waals surface area contributed by atoms with Gasteiger partial charge in [0.25, 0.3) is 5.91 Å². The van der Waals surface area contributed by atoms with Crippen molar-refractivity contribution < 1.29 is 14.4 Å².